The van der Waals surface area contributed by atoms with Crippen molar-refractivity contribution in [3.63, 3.8) is 0 Å². The highest BCUT2D eigenvalue weighted by Gasteiger charge is 2.05. The van der Waals surface area contributed by atoms with Gasteiger partial charge in [0.1, 0.15) is 0 Å². The summed E-state index contributed by atoms with van der Waals surface area (Å²) in [6.07, 6.45) is 2.18. The molecule has 0 fully saturated rings. The number of hydrogen-bond donors (Lipinski definition) is 1. The molecule has 0 saturated carbocycles. The van der Waals surface area contributed by atoms with E-state index in [1.165, 1.54) is 17.7 Å². The van der Waals surface area contributed by atoms with Gasteiger partial charge in [0.25, 0.3) is 0 Å². The lowest BCUT2D eigenvalue weighted by Gasteiger charge is -2.23. The molecule has 0 aromatic heterocycles. The fourth-order valence-electron chi connectivity index (χ4n) is 1.91. The molecule has 0 amide bonds. The van der Waals surface area contributed by atoms with Gasteiger partial charge >= 0.3 is 0 Å². The Morgan fingerprint density at radius 1 is 1.12 bits per heavy atom. The number of anilines is 1. The molecule has 0 aliphatic carbocycles. The molecule has 0 radical (unpaired) electrons. The molecule has 0 aliphatic heterocycles. The van der Waals surface area contributed by atoms with Crippen molar-refractivity contribution >= 4 is 5.69 Å². The van der Waals surface area contributed by atoms with Gasteiger partial charge in [0.2, 0.25) is 0 Å². The van der Waals surface area contributed by atoms with Gasteiger partial charge in [0.05, 0.1) is 0 Å². The van der Waals surface area contributed by atoms with E-state index in [1.54, 1.807) is 0 Å². The van der Waals surface area contributed by atoms with Gasteiger partial charge in [-0.1, -0.05) is 26.0 Å². The lowest BCUT2D eigenvalue weighted by Crippen LogP contribution is -2.23. The van der Waals surface area contributed by atoms with Crippen molar-refractivity contribution in [1.82, 2.24) is 0 Å². The molecule has 0 spiro atoms. The molecule has 0 aliphatic rings. The van der Waals surface area contributed by atoms with E-state index in [2.05, 4.69) is 49.9 Å². The Morgan fingerprint density at radius 2 is 1.75 bits per heavy atom. The van der Waals surface area contributed by atoms with Gasteiger partial charge in [-0.2, -0.15) is 0 Å². The first-order chi connectivity index (χ1) is 7.72. The van der Waals surface area contributed by atoms with E-state index >= 15 is 0 Å². The molecule has 1 rings (SSSR count). The van der Waals surface area contributed by atoms with E-state index in [-0.39, 0.29) is 6.04 Å². The number of hydrogen-bond acceptors (Lipinski definition) is 2. The van der Waals surface area contributed by atoms with Crippen LogP contribution in [-0.4, -0.2) is 13.1 Å². The van der Waals surface area contributed by atoms with Gasteiger partial charge in [-0.3, -0.25) is 0 Å². The van der Waals surface area contributed by atoms with Crippen LogP contribution in [0.3, 0.4) is 0 Å². The van der Waals surface area contributed by atoms with Gasteiger partial charge in [0.15, 0.2) is 0 Å². The lowest BCUT2D eigenvalue weighted by molar-refractivity contribution is 0.698. The highest BCUT2D eigenvalue weighted by atomic mass is 15.1. The average Bonchev–Trinajstić information content (AvgIpc) is 2.35. The predicted molar refractivity (Wildman–Crippen MR) is 71.8 cm³/mol. The molecule has 1 aromatic carbocycles. The molecule has 1 aromatic rings. The molecule has 1 atom stereocenters. The lowest BCUT2D eigenvalue weighted by atomic mass is 10.1. The van der Waals surface area contributed by atoms with Crippen LogP contribution < -0.4 is 10.6 Å². The molecule has 0 unspecified atom stereocenters. The fraction of sp³-hybridized carbons (Fsp3) is 0.571. The van der Waals surface area contributed by atoms with Gasteiger partial charge < -0.3 is 10.6 Å². The Bertz CT molecular complexity index is 292. The highest BCUT2D eigenvalue weighted by Crippen LogP contribution is 2.19. The van der Waals surface area contributed by atoms with Crippen molar-refractivity contribution in [1.29, 1.82) is 0 Å². The Hall–Kier alpha value is -1.02. The molecular weight excluding hydrogens is 196 g/mol. The molecule has 90 valence electrons. The van der Waals surface area contributed by atoms with E-state index in [9.17, 15) is 0 Å². The van der Waals surface area contributed by atoms with Crippen LogP contribution in [-0.2, 0) is 0 Å². The minimum absolute atomic E-state index is 0.176. The maximum atomic E-state index is 6.00. The van der Waals surface area contributed by atoms with Crippen molar-refractivity contribution in [2.45, 2.75) is 39.7 Å². The van der Waals surface area contributed by atoms with E-state index < -0.39 is 0 Å². The van der Waals surface area contributed by atoms with Crippen LogP contribution in [0, 0.1) is 0 Å². The summed E-state index contributed by atoms with van der Waals surface area (Å²) in [5.74, 6) is 0. The SMILES string of the molecule is CCCN(CC)c1ccc([C@@H](N)CC)cc1. The summed E-state index contributed by atoms with van der Waals surface area (Å²) in [5, 5.41) is 0. The van der Waals surface area contributed by atoms with Crippen LogP contribution in [0.2, 0.25) is 0 Å². The van der Waals surface area contributed by atoms with Crippen molar-refractivity contribution in [2.24, 2.45) is 5.73 Å². The summed E-state index contributed by atoms with van der Waals surface area (Å²) in [5.41, 5.74) is 8.54. The molecular formula is C14H24N2. The maximum Gasteiger partial charge on any atom is 0.0366 e. The molecule has 2 N–H and O–H groups in total. The first kappa shape index (κ1) is 13.0. The number of nitrogens with two attached hydrogens (primary N) is 1. The first-order valence-electron chi connectivity index (χ1n) is 6.33. The molecule has 0 bridgehead atoms. The normalized spacial score (nSPS) is 12.5. The Balaban J connectivity index is 2.76. The Labute approximate surface area is 99.5 Å². The minimum atomic E-state index is 0.176. The van der Waals surface area contributed by atoms with Crippen LogP contribution in [0.1, 0.15) is 45.2 Å². The molecule has 0 saturated heterocycles. The van der Waals surface area contributed by atoms with E-state index in [0.717, 1.165) is 19.5 Å². The van der Waals surface area contributed by atoms with Crippen LogP contribution >= 0.6 is 0 Å². The van der Waals surface area contributed by atoms with Crippen molar-refractivity contribution < 1.29 is 0 Å². The van der Waals surface area contributed by atoms with E-state index in [4.69, 9.17) is 5.73 Å². The number of nitrogens with zero attached hydrogens (tertiary/aromatic N) is 1. The van der Waals surface area contributed by atoms with Gasteiger partial charge in [0, 0.05) is 24.8 Å². The maximum absolute atomic E-state index is 6.00. The van der Waals surface area contributed by atoms with Crippen LogP contribution in [0.15, 0.2) is 24.3 Å². The largest absolute Gasteiger partial charge is 0.372 e. The minimum Gasteiger partial charge on any atom is -0.372 e. The third-order valence-corrected chi connectivity index (χ3v) is 3.00. The summed E-state index contributed by atoms with van der Waals surface area (Å²) in [6.45, 7) is 8.71. The monoisotopic (exact) mass is 220 g/mol. The third-order valence-electron chi connectivity index (χ3n) is 3.00. The van der Waals surface area contributed by atoms with Crippen molar-refractivity contribution in [3.8, 4) is 0 Å². The quantitative estimate of drug-likeness (QED) is 0.796. The van der Waals surface area contributed by atoms with Gasteiger partial charge in [-0.05, 0) is 37.5 Å². The molecule has 2 heteroatoms. The molecule has 0 heterocycles. The Morgan fingerprint density at radius 3 is 2.19 bits per heavy atom. The van der Waals surface area contributed by atoms with Crippen molar-refractivity contribution in [3.05, 3.63) is 29.8 Å². The third kappa shape index (κ3) is 3.24. The topological polar surface area (TPSA) is 29.3 Å². The Kier molecular flexibility index (Phi) is 5.33. The summed E-state index contributed by atoms with van der Waals surface area (Å²) in [4.78, 5) is 2.39. The van der Waals surface area contributed by atoms with Crippen molar-refractivity contribution in [2.75, 3.05) is 18.0 Å². The standard InChI is InChI=1S/C14H24N2/c1-4-11-16(6-3)13-9-7-12(8-10-13)14(15)5-2/h7-10,14H,4-6,11,15H2,1-3H3/t14-/m0/s1. The second kappa shape index (κ2) is 6.54. The zero-order chi connectivity index (χ0) is 12.0. The van der Waals surface area contributed by atoms with Gasteiger partial charge in [-0.15, -0.1) is 0 Å². The van der Waals surface area contributed by atoms with E-state index in [1.807, 2.05) is 0 Å². The zero-order valence-corrected chi connectivity index (χ0v) is 10.7. The average molecular weight is 220 g/mol. The first-order valence-corrected chi connectivity index (χ1v) is 6.33. The number of rotatable bonds is 6. The number of benzene rings is 1. The summed E-state index contributed by atoms with van der Waals surface area (Å²) < 4.78 is 0. The molecule has 2 nitrogen and oxygen atoms in total. The summed E-state index contributed by atoms with van der Waals surface area (Å²) >= 11 is 0. The van der Waals surface area contributed by atoms with Crippen LogP contribution in [0.4, 0.5) is 5.69 Å². The molecule has 16 heavy (non-hydrogen) atoms. The van der Waals surface area contributed by atoms with Crippen LogP contribution in [0.5, 0.6) is 0 Å². The fourth-order valence-corrected chi connectivity index (χ4v) is 1.91. The summed E-state index contributed by atoms with van der Waals surface area (Å²) in [6, 6.07) is 8.85. The smallest absolute Gasteiger partial charge is 0.0366 e. The highest BCUT2D eigenvalue weighted by molar-refractivity contribution is 5.47. The second-order valence-electron chi connectivity index (χ2n) is 4.19. The second-order valence-corrected chi connectivity index (χ2v) is 4.19. The predicted octanol–water partition coefficient (Wildman–Crippen LogP) is 3.33. The van der Waals surface area contributed by atoms with E-state index in [0.29, 0.717) is 0 Å². The zero-order valence-electron chi connectivity index (χ0n) is 10.7. The summed E-state index contributed by atoms with van der Waals surface area (Å²) in [7, 11) is 0. The van der Waals surface area contributed by atoms with Crippen LogP contribution in [0.25, 0.3) is 0 Å². The van der Waals surface area contributed by atoms with Gasteiger partial charge in [-0.25, -0.2) is 0 Å².